The first-order valence-electron chi connectivity index (χ1n) is 8.89. The number of phenols is 1. The lowest BCUT2D eigenvalue weighted by Gasteiger charge is -2.07. The third-order valence-electron chi connectivity index (χ3n) is 4.43. The highest BCUT2D eigenvalue weighted by Gasteiger charge is 2.10. The smallest absolute Gasteiger partial charge is 0.143 e. The molecule has 24 heavy (non-hydrogen) atoms. The fourth-order valence-electron chi connectivity index (χ4n) is 2.93. The zero-order chi connectivity index (χ0) is 16.9. The first kappa shape index (κ1) is 16.5. The van der Waals surface area contributed by atoms with Gasteiger partial charge in [-0.15, -0.1) is 15.0 Å². The molecule has 2 aromatic carbocycles. The molecule has 0 saturated carbocycles. The van der Waals surface area contributed by atoms with Crippen LogP contribution in [0.1, 0.15) is 50.7 Å². The van der Waals surface area contributed by atoms with E-state index in [1.165, 1.54) is 36.8 Å². The number of aromatic nitrogens is 3. The molecule has 3 rings (SSSR count). The Kier molecular flexibility index (Phi) is 5.14. The van der Waals surface area contributed by atoms with Gasteiger partial charge in [0.05, 0.1) is 0 Å². The number of aryl methyl sites for hydroxylation is 2. The molecule has 0 bridgehead atoms. The SMILES string of the molecule is CCCCCCc1ccc(O)c(-n2nc3ccc(CC)cc3n2)c1. The summed E-state index contributed by atoms with van der Waals surface area (Å²) in [5.41, 5.74) is 4.82. The van der Waals surface area contributed by atoms with Gasteiger partial charge in [0.1, 0.15) is 22.5 Å². The van der Waals surface area contributed by atoms with Crippen molar-refractivity contribution in [3.8, 4) is 11.4 Å². The molecule has 0 aliphatic rings. The molecule has 4 heteroatoms. The molecule has 126 valence electrons. The summed E-state index contributed by atoms with van der Waals surface area (Å²) in [4.78, 5) is 1.55. The van der Waals surface area contributed by atoms with Crippen molar-refractivity contribution in [2.24, 2.45) is 0 Å². The van der Waals surface area contributed by atoms with E-state index in [9.17, 15) is 5.11 Å². The Morgan fingerprint density at radius 1 is 0.875 bits per heavy atom. The molecule has 0 radical (unpaired) electrons. The monoisotopic (exact) mass is 323 g/mol. The standard InChI is InChI=1S/C20H25N3O/c1-3-5-6-7-8-16-10-12-20(24)19(14-16)23-21-17-11-9-15(4-2)13-18(17)22-23/h9-14,24H,3-8H2,1-2H3. The van der Waals surface area contributed by atoms with Crippen LogP contribution in [0.5, 0.6) is 5.75 Å². The van der Waals surface area contributed by atoms with Crippen LogP contribution < -0.4 is 0 Å². The molecule has 0 spiro atoms. The van der Waals surface area contributed by atoms with E-state index in [0.717, 1.165) is 23.9 Å². The number of nitrogens with zero attached hydrogens (tertiary/aromatic N) is 3. The van der Waals surface area contributed by atoms with Crippen LogP contribution in [0.2, 0.25) is 0 Å². The van der Waals surface area contributed by atoms with Gasteiger partial charge >= 0.3 is 0 Å². The highest BCUT2D eigenvalue weighted by atomic mass is 16.3. The molecule has 3 aromatic rings. The zero-order valence-corrected chi connectivity index (χ0v) is 14.5. The van der Waals surface area contributed by atoms with Gasteiger partial charge in [0, 0.05) is 0 Å². The van der Waals surface area contributed by atoms with Crippen molar-refractivity contribution in [3.05, 3.63) is 47.5 Å². The number of fused-ring (bicyclic) bond motifs is 1. The average molecular weight is 323 g/mol. The molecule has 0 unspecified atom stereocenters. The molecule has 0 fully saturated rings. The molecule has 1 N–H and O–H groups in total. The van der Waals surface area contributed by atoms with Crippen LogP contribution in [0.4, 0.5) is 0 Å². The molecule has 0 atom stereocenters. The highest BCUT2D eigenvalue weighted by Crippen LogP contribution is 2.24. The van der Waals surface area contributed by atoms with Gasteiger partial charge in [-0.2, -0.15) is 0 Å². The Balaban J connectivity index is 1.87. The number of benzene rings is 2. The van der Waals surface area contributed by atoms with Crippen LogP contribution in [0.15, 0.2) is 36.4 Å². The summed E-state index contributed by atoms with van der Waals surface area (Å²) in [5, 5.41) is 19.3. The number of phenolic OH excluding ortho intramolecular Hbond substituents is 1. The van der Waals surface area contributed by atoms with Crippen LogP contribution in [0, 0.1) is 0 Å². The van der Waals surface area contributed by atoms with Crippen molar-refractivity contribution in [3.63, 3.8) is 0 Å². The fourth-order valence-corrected chi connectivity index (χ4v) is 2.93. The Morgan fingerprint density at radius 3 is 2.46 bits per heavy atom. The summed E-state index contributed by atoms with van der Waals surface area (Å²) in [6, 6.07) is 11.9. The molecule has 0 amide bonds. The lowest BCUT2D eigenvalue weighted by Crippen LogP contribution is -2.00. The molecule has 0 aliphatic carbocycles. The third kappa shape index (κ3) is 3.58. The van der Waals surface area contributed by atoms with Crippen LogP contribution in [-0.4, -0.2) is 20.1 Å². The minimum atomic E-state index is 0.211. The van der Waals surface area contributed by atoms with Crippen molar-refractivity contribution in [1.82, 2.24) is 15.0 Å². The van der Waals surface area contributed by atoms with Gasteiger partial charge in [-0.3, -0.25) is 0 Å². The minimum absolute atomic E-state index is 0.211. The largest absolute Gasteiger partial charge is 0.506 e. The maximum Gasteiger partial charge on any atom is 0.143 e. The van der Waals surface area contributed by atoms with Crippen LogP contribution in [0.25, 0.3) is 16.7 Å². The second kappa shape index (κ2) is 7.47. The Morgan fingerprint density at radius 2 is 1.67 bits per heavy atom. The van der Waals surface area contributed by atoms with Gasteiger partial charge in [0.2, 0.25) is 0 Å². The van der Waals surface area contributed by atoms with Gasteiger partial charge in [0.15, 0.2) is 0 Å². The van der Waals surface area contributed by atoms with E-state index in [2.05, 4.69) is 36.2 Å². The van der Waals surface area contributed by atoms with E-state index in [0.29, 0.717) is 5.69 Å². The molecule has 0 aliphatic heterocycles. The Bertz CT molecular complexity index is 823. The highest BCUT2D eigenvalue weighted by molar-refractivity contribution is 5.74. The Hall–Kier alpha value is -2.36. The van der Waals surface area contributed by atoms with Crippen molar-refractivity contribution in [1.29, 1.82) is 0 Å². The van der Waals surface area contributed by atoms with Gasteiger partial charge in [-0.05, 0) is 54.7 Å². The molecule has 0 saturated heterocycles. The number of aromatic hydroxyl groups is 1. The van der Waals surface area contributed by atoms with Gasteiger partial charge < -0.3 is 5.11 Å². The first-order valence-corrected chi connectivity index (χ1v) is 8.89. The van der Waals surface area contributed by atoms with E-state index in [1.807, 2.05) is 18.2 Å². The van der Waals surface area contributed by atoms with Crippen molar-refractivity contribution < 1.29 is 5.11 Å². The molecular formula is C20H25N3O. The lowest BCUT2D eigenvalue weighted by atomic mass is 10.1. The van der Waals surface area contributed by atoms with Gasteiger partial charge in [-0.1, -0.05) is 45.2 Å². The lowest BCUT2D eigenvalue weighted by molar-refractivity contribution is 0.467. The molecular weight excluding hydrogens is 298 g/mol. The molecule has 4 nitrogen and oxygen atoms in total. The second-order valence-electron chi connectivity index (χ2n) is 6.30. The van der Waals surface area contributed by atoms with Crippen molar-refractivity contribution >= 4 is 11.0 Å². The number of hydrogen-bond donors (Lipinski definition) is 1. The van der Waals surface area contributed by atoms with Crippen LogP contribution >= 0.6 is 0 Å². The van der Waals surface area contributed by atoms with E-state index in [1.54, 1.807) is 10.9 Å². The summed E-state index contributed by atoms with van der Waals surface area (Å²) in [6.07, 6.45) is 6.93. The number of rotatable bonds is 7. The summed E-state index contributed by atoms with van der Waals surface area (Å²) >= 11 is 0. The predicted molar refractivity (Wildman–Crippen MR) is 97.8 cm³/mol. The summed E-state index contributed by atoms with van der Waals surface area (Å²) in [5.74, 6) is 0.211. The summed E-state index contributed by atoms with van der Waals surface area (Å²) in [7, 11) is 0. The molecule has 1 heterocycles. The van der Waals surface area contributed by atoms with Gasteiger partial charge in [-0.25, -0.2) is 0 Å². The quantitative estimate of drug-likeness (QED) is 0.635. The third-order valence-corrected chi connectivity index (χ3v) is 4.43. The number of hydrogen-bond acceptors (Lipinski definition) is 3. The minimum Gasteiger partial charge on any atom is -0.506 e. The van der Waals surface area contributed by atoms with E-state index < -0.39 is 0 Å². The van der Waals surface area contributed by atoms with Crippen LogP contribution in [0.3, 0.4) is 0 Å². The predicted octanol–water partition coefficient (Wildman–Crippen LogP) is 4.81. The van der Waals surface area contributed by atoms with Crippen molar-refractivity contribution in [2.45, 2.75) is 52.4 Å². The normalized spacial score (nSPS) is 11.2. The topological polar surface area (TPSA) is 50.9 Å². The van der Waals surface area contributed by atoms with Gasteiger partial charge in [0.25, 0.3) is 0 Å². The fraction of sp³-hybridized carbons (Fsp3) is 0.400. The first-order chi connectivity index (χ1) is 11.7. The van der Waals surface area contributed by atoms with E-state index >= 15 is 0 Å². The van der Waals surface area contributed by atoms with E-state index in [4.69, 9.17) is 0 Å². The zero-order valence-electron chi connectivity index (χ0n) is 14.5. The average Bonchev–Trinajstić information content (AvgIpc) is 3.02. The summed E-state index contributed by atoms with van der Waals surface area (Å²) < 4.78 is 0. The van der Waals surface area contributed by atoms with Crippen molar-refractivity contribution in [2.75, 3.05) is 0 Å². The van der Waals surface area contributed by atoms with E-state index in [-0.39, 0.29) is 5.75 Å². The van der Waals surface area contributed by atoms with Crippen LogP contribution in [-0.2, 0) is 12.8 Å². The Labute approximate surface area is 143 Å². The maximum atomic E-state index is 10.2. The summed E-state index contributed by atoms with van der Waals surface area (Å²) in [6.45, 7) is 4.34. The maximum absolute atomic E-state index is 10.2. The molecule has 1 aromatic heterocycles. The second-order valence-corrected chi connectivity index (χ2v) is 6.30. The number of unbranched alkanes of at least 4 members (excludes halogenated alkanes) is 3.